The Hall–Kier alpha value is -1.85. The Morgan fingerprint density at radius 3 is 0.758 bits per heavy atom. The molecular weight excluding hydrogens is 817 g/mol. The highest BCUT2D eigenvalue weighted by Crippen LogP contribution is 2.17. The van der Waals surface area contributed by atoms with Gasteiger partial charge in [-0.3, -0.25) is 14.4 Å². The molecule has 6 heteroatoms. The molecule has 66 heavy (non-hydrogen) atoms. The quantitative estimate of drug-likeness (QED) is 0.0262. The lowest BCUT2D eigenvalue weighted by molar-refractivity contribution is -0.167. The average molecular weight is 932 g/mol. The molecule has 390 valence electrons. The first-order valence-corrected chi connectivity index (χ1v) is 29.7. The number of allylic oxidation sites excluding steroid dienone is 2. The zero-order valence-electron chi connectivity index (χ0n) is 44.7. The molecule has 6 nitrogen and oxygen atoms in total. The van der Waals surface area contributed by atoms with E-state index in [4.69, 9.17) is 14.2 Å². The van der Waals surface area contributed by atoms with E-state index in [9.17, 15) is 14.4 Å². The summed E-state index contributed by atoms with van der Waals surface area (Å²) in [6.07, 6.45) is 63.6. The molecule has 0 heterocycles. The van der Waals surface area contributed by atoms with Gasteiger partial charge in [-0.15, -0.1) is 0 Å². The molecule has 0 rings (SSSR count). The molecule has 0 fully saturated rings. The predicted octanol–water partition coefficient (Wildman–Crippen LogP) is 19.7. The van der Waals surface area contributed by atoms with Crippen LogP contribution in [0, 0.1) is 0 Å². The van der Waals surface area contributed by atoms with Crippen LogP contribution in [0.2, 0.25) is 0 Å². The highest BCUT2D eigenvalue weighted by Gasteiger charge is 2.19. The first-order valence-electron chi connectivity index (χ1n) is 29.7. The minimum Gasteiger partial charge on any atom is -0.462 e. The van der Waals surface area contributed by atoms with Crippen LogP contribution >= 0.6 is 0 Å². The van der Waals surface area contributed by atoms with Crippen molar-refractivity contribution in [2.24, 2.45) is 0 Å². The topological polar surface area (TPSA) is 78.9 Å². The first kappa shape index (κ1) is 64.2. The smallest absolute Gasteiger partial charge is 0.306 e. The van der Waals surface area contributed by atoms with Crippen LogP contribution in [0.25, 0.3) is 0 Å². The van der Waals surface area contributed by atoms with Crippen molar-refractivity contribution < 1.29 is 28.6 Å². The number of hydrogen-bond acceptors (Lipinski definition) is 6. The SMILES string of the molecule is CCCCCCCCC/C=C\CCCCCCCC(=O)OC(COC(=O)CCCCCCCCCCCC)COC(=O)CCCCCCCCCCCCCCCCCCCCCCCC. The van der Waals surface area contributed by atoms with Crippen LogP contribution in [-0.2, 0) is 28.6 Å². The highest BCUT2D eigenvalue weighted by molar-refractivity contribution is 5.71. The van der Waals surface area contributed by atoms with Gasteiger partial charge in [0.15, 0.2) is 6.10 Å². The van der Waals surface area contributed by atoms with E-state index in [1.54, 1.807) is 0 Å². The molecule has 0 aromatic rings. The molecule has 0 aromatic heterocycles. The molecule has 0 aromatic carbocycles. The standard InChI is InChI=1S/C60H114O6/c1-4-7-10-13-16-19-22-24-26-28-29-30-31-32-33-35-36-38-41-44-47-50-53-59(62)65-56-57(55-64-58(61)52-49-46-43-40-21-18-15-12-9-6-3)66-60(63)54-51-48-45-42-39-37-34-27-25-23-20-17-14-11-8-5-2/h27,34,57H,4-26,28-33,35-56H2,1-3H3/b34-27-. The fourth-order valence-electron chi connectivity index (χ4n) is 9.03. The van der Waals surface area contributed by atoms with E-state index in [1.807, 2.05) is 0 Å². The lowest BCUT2D eigenvalue weighted by Gasteiger charge is -2.18. The molecular formula is C60H114O6. The minimum absolute atomic E-state index is 0.0676. The van der Waals surface area contributed by atoms with E-state index in [0.29, 0.717) is 19.3 Å². The van der Waals surface area contributed by atoms with Crippen LogP contribution in [-0.4, -0.2) is 37.2 Å². The fourth-order valence-corrected chi connectivity index (χ4v) is 9.03. The number of esters is 3. The predicted molar refractivity (Wildman–Crippen MR) is 284 cm³/mol. The van der Waals surface area contributed by atoms with Gasteiger partial charge in [-0.25, -0.2) is 0 Å². The summed E-state index contributed by atoms with van der Waals surface area (Å²) in [5.41, 5.74) is 0. The van der Waals surface area contributed by atoms with Crippen LogP contribution in [0.5, 0.6) is 0 Å². The summed E-state index contributed by atoms with van der Waals surface area (Å²) >= 11 is 0. The van der Waals surface area contributed by atoms with Crippen LogP contribution in [0.4, 0.5) is 0 Å². The van der Waals surface area contributed by atoms with Gasteiger partial charge in [0.05, 0.1) is 0 Å². The number of unbranched alkanes of at least 4 members (excludes halogenated alkanes) is 42. The summed E-state index contributed by atoms with van der Waals surface area (Å²) in [6, 6.07) is 0. The van der Waals surface area contributed by atoms with Crippen molar-refractivity contribution in [2.75, 3.05) is 13.2 Å². The second kappa shape index (κ2) is 55.7. The molecule has 0 saturated heterocycles. The summed E-state index contributed by atoms with van der Waals surface area (Å²) in [6.45, 7) is 6.68. The summed E-state index contributed by atoms with van der Waals surface area (Å²) in [7, 11) is 0. The maximum absolute atomic E-state index is 12.8. The zero-order chi connectivity index (χ0) is 47.9. The van der Waals surface area contributed by atoms with Crippen molar-refractivity contribution in [3.05, 3.63) is 12.2 Å². The molecule has 0 aliphatic rings. The van der Waals surface area contributed by atoms with Crippen molar-refractivity contribution in [1.82, 2.24) is 0 Å². The second-order valence-electron chi connectivity index (χ2n) is 20.3. The van der Waals surface area contributed by atoms with E-state index in [-0.39, 0.29) is 31.1 Å². The Bertz CT molecular complexity index is 1020. The maximum Gasteiger partial charge on any atom is 0.306 e. The molecule has 1 atom stereocenters. The molecule has 0 bridgehead atoms. The fraction of sp³-hybridized carbons (Fsp3) is 0.917. The lowest BCUT2D eigenvalue weighted by Crippen LogP contribution is -2.30. The van der Waals surface area contributed by atoms with Gasteiger partial charge in [0.1, 0.15) is 13.2 Å². The molecule has 0 radical (unpaired) electrons. The molecule has 0 amide bonds. The molecule has 0 aliphatic heterocycles. The second-order valence-corrected chi connectivity index (χ2v) is 20.3. The van der Waals surface area contributed by atoms with E-state index >= 15 is 0 Å². The maximum atomic E-state index is 12.8. The van der Waals surface area contributed by atoms with Crippen molar-refractivity contribution in [2.45, 2.75) is 341 Å². The number of rotatable bonds is 55. The molecule has 0 spiro atoms. The first-order chi connectivity index (χ1) is 32.5. The van der Waals surface area contributed by atoms with E-state index in [2.05, 4.69) is 32.9 Å². The molecule has 0 N–H and O–H groups in total. The minimum atomic E-state index is -0.768. The van der Waals surface area contributed by atoms with Crippen molar-refractivity contribution in [3.63, 3.8) is 0 Å². The van der Waals surface area contributed by atoms with E-state index in [1.165, 1.54) is 231 Å². The van der Waals surface area contributed by atoms with Gasteiger partial charge in [-0.2, -0.15) is 0 Å². The Morgan fingerprint density at radius 1 is 0.288 bits per heavy atom. The third-order valence-electron chi connectivity index (χ3n) is 13.5. The summed E-state index contributed by atoms with van der Waals surface area (Å²) in [5, 5.41) is 0. The van der Waals surface area contributed by atoms with Gasteiger partial charge in [0, 0.05) is 19.3 Å². The highest BCUT2D eigenvalue weighted by atomic mass is 16.6. The zero-order valence-corrected chi connectivity index (χ0v) is 44.7. The van der Waals surface area contributed by atoms with Crippen LogP contribution in [0.1, 0.15) is 335 Å². The number of carbonyl (C=O) groups excluding carboxylic acids is 3. The Morgan fingerprint density at radius 2 is 0.500 bits per heavy atom. The third-order valence-corrected chi connectivity index (χ3v) is 13.5. The van der Waals surface area contributed by atoms with Crippen molar-refractivity contribution >= 4 is 17.9 Å². The van der Waals surface area contributed by atoms with Gasteiger partial charge in [-0.05, 0) is 44.9 Å². The summed E-state index contributed by atoms with van der Waals surface area (Å²) in [5.74, 6) is -0.854. The summed E-state index contributed by atoms with van der Waals surface area (Å²) < 4.78 is 16.9. The van der Waals surface area contributed by atoms with Crippen molar-refractivity contribution in [1.29, 1.82) is 0 Å². The van der Waals surface area contributed by atoms with Gasteiger partial charge in [0.2, 0.25) is 0 Å². The average Bonchev–Trinajstić information content (AvgIpc) is 3.31. The van der Waals surface area contributed by atoms with Gasteiger partial charge in [-0.1, -0.05) is 283 Å². The Balaban J connectivity index is 4.21. The molecule has 0 aliphatic carbocycles. The largest absolute Gasteiger partial charge is 0.462 e. The van der Waals surface area contributed by atoms with Crippen LogP contribution < -0.4 is 0 Å². The lowest BCUT2D eigenvalue weighted by atomic mass is 10.0. The molecule has 1 unspecified atom stereocenters. The number of hydrogen-bond donors (Lipinski definition) is 0. The van der Waals surface area contributed by atoms with Crippen molar-refractivity contribution in [3.8, 4) is 0 Å². The Kier molecular flexibility index (Phi) is 54.2. The van der Waals surface area contributed by atoms with Crippen LogP contribution in [0.3, 0.4) is 0 Å². The molecule has 0 saturated carbocycles. The van der Waals surface area contributed by atoms with Gasteiger partial charge in [0.25, 0.3) is 0 Å². The van der Waals surface area contributed by atoms with Gasteiger partial charge < -0.3 is 14.2 Å². The van der Waals surface area contributed by atoms with Gasteiger partial charge >= 0.3 is 17.9 Å². The van der Waals surface area contributed by atoms with Crippen LogP contribution in [0.15, 0.2) is 12.2 Å². The number of carbonyl (C=O) groups is 3. The number of ether oxygens (including phenoxy) is 3. The van der Waals surface area contributed by atoms with E-state index < -0.39 is 6.10 Å². The third kappa shape index (κ3) is 53.1. The normalized spacial score (nSPS) is 12.0. The summed E-state index contributed by atoms with van der Waals surface area (Å²) in [4.78, 5) is 38.1. The monoisotopic (exact) mass is 931 g/mol. The Labute approximate surface area is 411 Å². The van der Waals surface area contributed by atoms with E-state index in [0.717, 1.165) is 64.2 Å².